The van der Waals surface area contributed by atoms with Gasteiger partial charge >= 0.3 is 5.97 Å². The zero-order chi connectivity index (χ0) is 10.1. The molecule has 1 N–H and O–H groups in total. The van der Waals surface area contributed by atoms with Crippen LogP contribution in [0.5, 0.6) is 0 Å². The number of esters is 1. The van der Waals surface area contributed by atoms with Gasteiger partial charge in [-0.3, -0.25) is 9.59 Å². The van der Waals surface area contributed by atoms with E-state index in [4.69, 9.17) is 4.74 Å². The van der Waals surface area contributed by atoms with Crippen LogP contribution < -0.4 is 5.32 Å². The maximum absolute atomic E-state index is 11.4. The van der Waals surface area contributed by atoms with Gasteiger partial charge in [0.15, 0.2) is 0 Å². The first-order valence-electron chi connectivity index (χ1n) is 4.84. The van der Waals surface area contributed by atoms with Gasteiger partial charge < -0.3 is 15.0 Å². The summed E-state index contributed by atoms with van der Waals surface area (Å²) < 4.78 is 4.69. The highest BCUT2D eigenvalue weighted by atomic mass is 16.5. The molecule has 0 bridgehead atoms. The summed E-state index contributed by atoms with van der Waals surface area (Å²) in [5.41, 5.74) is 0. The van der Waals surface area contributed by atoms with Crippen molar-refractivity contribution in [2.24, 2.45) is 0 Å². The third kappa shape index (κ3) is 1.37. The van der Waals surface area contributed by atoms with Crippen molar-refractivity contribution in [3.63, 3.8) is 0 Å². The minimum absolute atomic E-state index is 0.00343. The van der Waals surface area contributed by atoms with Crippen molar-refractivity contribution in [3.05, 3.63) is 0 Å². The second-order valence-corrected chi connectivity index (χ2v) is 3.65. The van der Waals surface area contributed by atoms with E-state index < -0.39 is 0 Å². The number of carbonyl (C=O) groups is 2. The molecule has 2 unspecified atom stereocenters. The molecule has 2 fully saturated rings. The molecule has 2 saturated heterocycles. The Balaban J connectivity index is 2.12. The molecule has 2 atom stereocenters. The Bertz CT molecular complexity index is 267. The van der Waals surface area contributed by atoms with Crippen molar-refractivity contribution < 1.29 is 14.3 Å². The molecule has 0 saturated carbocycles. The Morgan fingerprint density at radius 2 is 2.43 bits per heavy atom. The van der Waals surface area contributed by atoms with Crippen molar-refractivity contribution >= 4 is 11.9 Å². The highest BCUT2D eigenvalue weighted by Gasteiger charge is 2.42. The van der Waals surface area contributed by atoms with Gasteiger partial charge in [-0.1, -0.05) is 0 Å². The summed E-state index contributed by atoms with van der Waals surface area (Å²) in [6.07, 6.45) is 1.31. The molecule has 0 aromatic carbocycles. The fraction of sp³-hybridized carbons (Fsp3) is 0.778. The maximum atomic E-state index is 11.4. The third-order valence-electron chi connectivity index (χ3n) is 2.93. The van der Waals surface area contributed by atoms with Gasteiger partial charge in [0.05, 0.1) is 13.2 Å². The van der Waals surface area contributed by atoms with Crippen LogP contribution in [0.15, 0.2) is 0 Å². The molecule has 1 amide bonds. The zero-order valence-electron chi connectivity index (χ0n) is 8.16. The molecule has 0 spiro atoms. The van der Waals surface area contributed by atoms with E-state index in [2.05, 4.69) is 5.32 Å². The summed E-state index contributed by atoms with van der Waals surface area (Å²) >= 11 is 0. The number of nitrogens with one attached hydrogen (secondary N) is 1. The van der Waals surface area contributed by atoms with Gasteiger partial charge in [0.1, 0.15) is 6.04 Å². The lowest BCUT2D eigenvalue weighted by molar-refractivity contribution is -0.146. The second-order valence-electron chi connectivity index (χ2n) is 3.65. The van der Waals surface area contributed by atoms with Crippen LogP contribution >= 0.6 is 0 Å². The molecular formula is C9H14N2O3. The average molecular weight is 198 g/mol. The van der Waals surface area contributed by atoms with Crippen molar-refractivity contribution in [2.75, 3.05) is 20.2 Å². The average Bonchev–Trinajstić information content (AvgIpc) is 2.59. The molecule has 0 aliphatic carbocycles. The highest BCUT2D eigenvalue weighted by molar-refractivity contribution is 5.83. The Kier molecular flexibility index (Phi) is 2.41. The number of rotatable bonds is 1. The predicted octanol–water partition coefficient (Wildman–Crippen LogP) is -0.878. The van der Waals surface area contributed by atoms with Gasteiger partial charge in [-0.25, -0.2) is 0 Å². The van der Waals surface area contributed by atoms with Gasteiger partial charge in [0, 0.05) is 19.5 Å². The summed E-state index contributed by atoms with van der Waals surface area (Å²) in [6.45, 7) is 1.37. The first-order valence-corrected chi connectivity index (χ1v) is 4.84. The third-order valence-corrected chi connectivity index (χ3v) is 2.93. The first-order chi connectivity index (χ1) is 6.74. The van der Waals surface area contributed by atoms with Crippen LogP contribution in [0.2, 0.25) is 0 Å². The number of fused-ring (bicyclic) bond motifs is 1. The van der Waals surface area contributed by atoms with Crippen LogP contribution in [0.25, 0.3) is 0 Å². The summed E-state index contributed by atoms with van der Waals surface area (Å²) in [5.74, 6) is -0.111. The van der Waals surface area contributed by atoms with Gasteiger partial charge in [-0.2, -0.15) is 0 Å². The molecule has 78 valence electrons. The number of methoxy groups -OCH3 is 1. The quantitative estimate of drug-likeness (QED) is 0.556. The van der Waals surface area contributed by atoms with Crippen LogP contribution in [0, 0.1) is 0 Å². The van der Waals surface area contributed by atoms with Crippen molar-refractivity contribution in [2.45, 2.75) is 24.9 Å². The summed E-state index contributed by atoms with van der Waals surface area (Å²) in [7, 11) is 1.37. The van der Waals surface area contributed by atoms with Gasteiger partial charge in [-0.05, 0) is 6.42 Å². The lowest BCUT2D eigenvalue weighted by atomic mass is 10.0. The van der Waals surface area contributed by atoms with E-state index in [1.807, 2.05) is 0 Å². The first kappa shape index (κ1) is 9.45. The van der Waals surface area contributed by atoms with Gasteiger partial charge in [-0.15, -0.1) is 0 Å². The van der Waals surface area contributed by atoms with Crippen molar-refractivity contribution in [1.82, 2.24) is 10.2 Å². The Morgan fingerprint density at radius 3 is 3.14 bits per heavy atom. The molecule has 14 heavy (non-hydrogen) atoms. The van der Waals surface area contributed by atoms with Crippen LogP contribution in [0.4, 0.5) is 0 Å². The molecule has 5 nitrogen and oxygen atoms in total. The maximum Gasteiger partial charge on any atom is 0.325 e. The molecule has 2 heterocycles. The summed E-state index contributed by atoms with van der Waals surface area (Å²) in [5, 5.41) is 3.09. The lowest BCUT2D eigenvalue weighted by Gasteiger charge is -2.35. The van der Waals surface area contributed by atoms with Gasteiger partial charge in [0.2, 0.25) is 5.91 Å². The van der Waals surface area contributed by atoms with Crippen LogP contribution in [-0.4, -0.2) is 49.1 Å². The highest BCUT2D eigenvalue weighted by Crippen LogP contribution is 2.23. The van der Waals surface area contributed by atoms with Crippen molar-refractivity contribution in [3.8, 4) is 0 Å². The predicted molar refractivity (Wildman–Crippen MR) is 48.5 cm³/mol. The summed E-state index contributed by atoms with van der Waals surface area (Å²) in [6, 6.07) is -0.330. The topological polar surface area (TPSA) is 58.6 Å². The number of amides is 1. The number of ether oxygens (including phenoxy) is 1. The number of nitrogens with zero attached hydrogens (tertiary/aromatic N) is 1. The van der Waals surface area contributed by atoms with E-state index in [0.717, 1.165) is 6.42 Å². The number of piperazine rings is 1. The number of hydrogen-bond donors (Lipinski definition) is 1. The fourth-order valence-corrected chi connectivity index (χ4v) is 2.24. The molecule has 2 aliphatic heterocycles. The van der Waals surface area contributed by atoms with E-state index in [9.17, 15) is 9.59 Å². The molecule has 2 aliphatic rings. The fourth-order valence-electron chi connectivity index (χ4n) is 2.24. The molecule has 0 radical (unpaired) electrons. The molecule has 0 aromatic heterocycles. The monoisotopic (exact) mass is 198 g/mol. The van der Waals surface area contributed by atoms with E-state index >= 15 is 0 Å². The van der Waals surface area contributed by atoms with Crippen LogP contribution in [0.3, 0.4) is 0 Å². The van der Waals surface area contributed by atoms with Crippen molar-refractivity contribution in [1.29, 1.82) is 0 Å². The van der Waals surface area contributed by atoms with Crippen LogP contribution in [0.1, 0.15) is 12.8 Å². The SMILES string of the molecule is COC(=O)C1NCCN2C(=O)CCC12. The van der Waals surface area contributed by atoms with E-state index in [1.165, 1.54) is 7.11 Å². The number of hydrogen-bond acceptors (Lipinski definition) is 4. The molecular weight excluding hydrogens is 184 g/mol. The minimum Gasteiger partial charge on any atom is -0.468 e. The molecule has 0 aromatic rings. The summed E-state index contributed by atoms with van der Waals surface area (Å²) in [4.78, 5) is 24.6. The Morgan fingerprint density at radius 1 is 1.64 bits per heavy atom. The van der Waals surface area contributed by atoms with Gasteiger partial charge in [0.25, 0.3) is 0 Å². The standard InChI is InChI=1S/C9H14N2O3/c1-14-9(13)8-6-2-3-7(12)11(6)5-4-10-8/h6,8,10H,2-5H2,1H3. The number of carbonyl (C=O) groups excluding carboxylic acids is 2. The zero-order valence-corrected chi connectivity index (χ0v) is 8.16. The van der Waals surface area contributed by atoms with E-state index in [1.54, 1.807) is 4.90 Å². The Hall–Kier alpha value is -1.10. The second kappa shape index (κ2) is 3.57. The van der Waals surface area contributed by atoms with Crippen LogP contribution in [-0.2, 0) is 14.3 Å². The normalized spacial score (nSPS) is 31.5. The van der Waals surface area contributed by atoms with E-state index in [0.29, 0.717) is 19.5 Å². The molecule has 5 heteroatoms. The largest absolute Gasteiger partial charge is 0.468 e. The lowest BCUT2D eigenvalue weighted by Crippen LogP contribution is -2.59. The smallest absolute Gasteiger partial charge is 0.325 e. The minimum atomic E-state index is -0.333. The molecule has 2 rings (SSSR count). The Labute approximate surface area is 82.4 Å². The van der Waals surface area contributed by atoms with E-state index in [-0.39, 0.29) is 24.0 Å².